The molecule has 0 aliphatic rings. The average molecular weight is 499 g/mol. The number of nitrogens with zero attached hydrogens (tertiary/aromatic N) is 1. The lowest BCUT2D eigenvalue weighted by Crippen LogP contribution is -2.19. The summed E-state index contributed by atoms with van der Waals surface area (Å²) in [6, 6.07) is 11.5. The van der Waals surface area contributed by atoms with Gasteiger partial charge in [-0.05, 0) is 69.2 Å². The molecule has 0 spiro atoms. The minimum absolute atomic E-state index is 0.188. The first-order valence-corrected chi connectivity index (χ1v) is 12.1. The van der Waals surface area contributed by atoms with Gasteiger partial charge in [-0.2, -0.15) is 0 Å². The molecule has 176 valence electrons. The molecule has 2 aromatic heterocycles. The Morgan fingerprint density at radius 3 is 2.47 bits per heavy atom. The molecule has 2 heterocycles. The van der Waals surface area contributed by atoms with E-state index in [2.05, 4.69) is 5.32 Å². The summed E-state index contributed by atoms with van der Waals surface area (Å²) in [5.74, 6) is -1.24. The number of nitrogens with one attached hydrogen (secondary N) is 1. The number of ether oxygens (including phenoxy) is 1. The van der Waals surface area contributed by atoms with Crippen LogP contribution in [0.1, 0.15) is 45.1 Å². The number of carbonyl (C=O) groups is 2. The second kappa shape index (κ2) is 9.60. The molecule has 8 heteroatoms. The van der Waals surface area contributed by atoms with Crippen molar-refractivity contribution in [2.24, 2.45) is 0 Å². The lowest BCUT2D eigenvalue weighted by atomic mass is 10.0. The highest BCUT2D eigenvalue weighted by molar-refractivity contribution is 7.17. The fraction of sp³-hybridized carbons (Fsp3) is 0.231. The van der Waals surface area contributed by atoms with E-state index in [0.717, 1.165) is 21.3 Å². The number of thiophene rings is 1. The standard InChI is InChI=1S/C26H24ClFN2O3S/c1-5-30-20-12-9-17(27)13-19(20)14(3)23(30)24(31)29-25-22(26(32)33-6-2)21(15(4)34-25)16-7-10-18(28)11-8-16/h7-13H,5-6H2,1-4H3,(H,29,31). The van der Waals surface area contributed by atoms with Crippen LogP contribution in [0.3, 0.4) is 0 Å². The molecule has 0 unspecified atom stereocenters. The molecule has 0 radical (unpaired) electrons. The molecule has 5 nitrogen and oxygen atoms in total. The van der Waals surface area contributed by atoms with Crippen LogP contribution in [0.15, 0.2) is 42.5 Å². The Morgan fingerprint density at radius 2 is 1.82 bits per heavy atom. The molecule has 2 aromatic carbocycles. The zero-order valence-corrected chi connectivity index (χ0v) is 20.9. The summed E-state index contributed by atoms with van der Waals surface area (Å²) < 4.78 is 20.8. The molecule has 0 aliphatic carbocycles. The quantitative estimate of drug-likeness (QED) is 0.285. The molecule has 1 amide bonds. The third kappa shape index (κ3) is 4.21. The van der Waals surface area contributed by atoms with E-state index in [-0.39, 0.29) is 23.9 Å². The second-order valence-electron chi connectivity index (χ2n) is 7.80. The van der Waals surface area contributed by atoms with E-state index in [1.165, 1.54) is 23.5 Å². The fourth-order valence-electron chi connectivity index (χ4n) is 4.27. The third-order valence-electron chi connectivity index (χ3n) is 5.73. The van der Waals surface area contributed by atoms with Crippen LogP contribution in [0.5, 0.6) is 0 Å². The normalized spacial score (nSPS) is 11.1. The summed E-state index contributed by atoms with van der Waals surface area (Å²) in [6.07, 6.45) is 0. The van der Waals surface area contributed by atoms with Crippen molar-refractivity contribution in [2.45, 2.75) is 34.2 Å². The van der Waals surface area contributed by atoms with Crippen LogP contribution in [-0.2, 0) is 11.3 Å². The number of esters is 1. The first kappa shape index (κ1) is 24.0. The van der Waals surface area contributed by atoms with Crippen molar-refractivity contribution in [1.82, 2.24) is 4.57 Å². The molecule has 4 aromatic rings. The predicted molar refractivity (Wildman–Crippen MR) is 136 cm³/mol. The Bertz CT molecular complexity index is 1410. The van der Waals surface area contributed by atoms with Crippen LogP contribution < -0.4 is 5.32 Å². The number of hydrogen-bond acceptors (Lipinski definition) is 4. The van der Waals surface area contributed by atoms with E-state index in [1.54, 1.807) is 25.1 Å². The Labute approximate surface area is 206 Å². The molecule has 1 N–H and O–H groups in total. The van der Waals surface area contributed by atoms with Gasteiger partial charge in [-0.25, -0.2) is 9.18 Å². The number of halogens is 2. The van der Waals surface area contributed by atoms with Gasteiger partial charge in [0.25, 0.3) is 5.91 Å². The highest BCUT2D eigenvalue weighted by Gasteiger charge is 2.27. The summed E-state index contributed by atoms with van der Waals surface area (Å²) in [5, 5.41) is 4.84. The van der Waals surface area contributed by atoms with Crippen LogP contribution in [0, 0.1) is 19.7 Å². The highest BCUT2D eigenvalue weighted by Crippen LogP contribution is 2.41. The third-order valence-corrected chi connectivity index (χ3v) is 6.99. The maximum absolute atomic E-state index is 13.5. The van der Waals surface area contributed by atoms with Gasteiger partial charge >= 0.3 is 5.97 Å². The lowest BCUT2D eigenvalue weighted by Gasteiger charge is -2.11. The molecule has 4 rings (SSSR count). The number of hydrogen-bond donors (Lipinski definition) is 1. The zero-order valence-electron chi connectivity index (χ0n) is 19.3. The summed E-state index contributed by atoms with van der Waals surface area (Å²) in [6.45, 7) is 8.21. The van der Waals surface area contributed by atoms with Crippen LogP contribution in [0.25, 0.3) is 22.0 Å². The maximum atomic E-state index is 13.5. The van der Waals surface area contributed by atoms with E-state index in [4.69, 9.17) is 16.3 Å². The Balaban J connectivity index is 1.83. The van der Waals surface area contributed by atoms with Gasteiger partial charge in [0, 0.05) is 32.9 Å². The number of carbonyl (C=O) groups excluding carboxylic acids is 2. The molecular formula is C26H24ClFN2O3S. The summed E-state index contributed by atoms with van der Waals surface area (Å²) >= 11 is 7.48. The molecule has 0 saturated carbocycles. The fourth-order valence-corrected chi connectivity index (χ4v) is 5.50. The summed E-state index contributed by atoms with van der Waals surface area (Å²) in [7, 11) is 0. The molecule has 0 atom stereocenters. The van der Waals surface area contributed by atoms with Crippen molar-refractivity contribution in [3.05, 3.63) is 75.0 Å². The number of aromatic nitrogens is 1. The highest BCUT2D eigenvalue weighted by atomic mass is 35.5. The van der Waals surface area contributed by atoms with E-state index in [0.29, 0.717) is 33.4 Å². The van der Waals surface area contributed by atoms with Gasteiger partial charge in [0.2, 0.25) is 0 Å². The van der Waals surface area contributed by atoms with Gasteiger partial charge < -0.3 is 14.6 Å². The average Bonchev–Trinajstić information content (AvgIpc) is 3.27. The molecule has 34 heavy (non-hydrogen) atoms. The Hall–Kier alpha value is -3.16. The molecule has 0 saturated heterocycles. The van der Waals surface area contributed by atoms with Crippen molar-refractivity contribution in [3.8, 4) is 11.1 Å². The number of rotatable bonds is 6. The SMILES string of the molecule is CCOC(=O)c1c(NC(=O)c2c(C)c3cc(Cl)ccc3n2CC)sc(C)c1-c1ccc(F)cc1. The van der Waals surface area contributed by atoms with Gasteiger partial charge in [-0.3, -0.25) is 4.79 Å². The Kier molecular flexibility index (Phi) is 6.77. The summed E-state index contributed by atoms with van der Waals surface area (Å²) in [5.41, 5.74) is 3.79. The van der Waals surface area contributed by atoms with E-state index in [1.807, 2.05) is 37.5 Å². The van der Waals surface area contributed by atoms with Crippen LogP contribution >= 0.6 is 22.9 Å². The van der Waals surface area contributed by atoms with Crippen LogP contribution in [0.4, 0.5) is 9.39 Å². The first-order valence-electron chi connectivity index (χ1n) is 10.9. The number of anilines is 1. The number of amides is 1. The van der Waals surface area contributed by atoms with Gasteiger partial charge in [0.1, 0.15) is 22.1 Å². The number of fused-ring (bicyclic) bond motifs is 1. The number of aryl methyl sites for hydroxylation is 3. The van der Waals surface area contributed by atoms with Crippen molar-refractivity contribution in [3.63, 3.8) is 0 Å². The topological polar surface area (TPSA) is 60.3 Å². The largest absolute Gasteiger partial charge is 0.462 e. The van der Waals surface area contributed by atoms with Crippen molar-refractivity contribution in [2.75, 3.05) is 11.9 Å². The van der Waals surface area contributed by atoms with Crippen LogP contribution in [0.2, 0.25) is 5.02 Å². The maximum Gasteiger partial charge on any atom is 0.341 e. The van der Waals surface area contributed by atoms with E-state index < -0.39 is 5.97 Å². The molecular weight excluding hydrogens is 475 g/mol. The summed E-state index contributed by atoms with van der Waals surface area (Å²) in [4.78, 5) is 27.3. The Morgan fingerprint density at radius 1 is 1.12 bits per heavy atom. The number of benzene rings is 2. The van der Waals surface area contributed by atoms with E-state index >= 15 is 0 Å². The van der Waals surface area contributed by atoms with Crippen molar-refractivity contribution < 1.29 is 18.7 Å². The molecule has 0 aliphatic heterocycles. The molecule has 0 bridgehead atoms. The van der Waals surface area contributed by atoms with Gasteiger partial charge in [-0.15, -0.1) is 11.3 Å². The minimum Gasteiger partial charge on any atom is -0.462 e. The minimum atomic E-state index is -0.541. The first-order chi connectivity index (χ1) is 16.3. The predicted octanol–water partition coefficient (Wildman–Crippen LogP) is 7.23. The van der Waals surface area contributed by atoms with E-state index in [9.17, 15) is 14.0 Å². The van der Waals surface area contributed by atoms with Gasteiger partial charge in [0.15, 0.2) is 0 Å². The van der Waals surface area contributed by atoms with Gasteiger partial charge in [-0.1, -0.05) is 23.7 Å². The monoisotopic (exact) mass is 498 g/mol. The van der Waals surface area contributed by atoms with Crippen molar-refractivity contribution in [1.29, 1.82) is 0 Å². The van der Waals surface area contributed by atoms with Crippen molar-refractivity contribution >= 4 is 50.7 Å². The van der Waals surface area contributed by atoms with Crippen LogP contribution in [-0.4, -0.2) is 23.1 Å². The van der Waals surface area contributed by atoms with Gasteiger partial charge in [0.05, 0.1) is 6.61 Å². The smallest absolute Gasteiger partial charge is 0.341 e. The molecule has 0 fully saturated rings. The second-order valence-corrected chi connectivity index (χ2v) is 9.46. The lowest BCUT2D eigenvalue weighted by molar-refractivity contribution is 0.0529. The zero-order chi connectivity index (χ0) is 24.6.